The summed E-state index contributed by atoms with van der Waals surface area (Å²) in [6, 6.07) is 0. The van der Waals surface area contributed by atoms with E-state index in [1.165, 1.54) is 19.3 Å². The monoisotopic (exact) mass is 252 g/mol. The summed E-state index contributed by atoms with van der Waals surface area (Å²) in [7, 11) is -3.28. The molecule has 0 aliphatic heterocycles. The van der Waals surface area contributed by atoms with Crippen LogP contribution in [0.3, 0.4) is 0 Å². The lowest BCUT2D eigenvalue weighted by atomic mass is 10.2. The molecule has 98 valence electrons. The topological polar surface area (TPSA) is 52.6 Å². The van der Waals surface area contributed by atoms with Crippen molar-refractivity contribution in [2.75, 3.05) is 25.6 Å². The second kappa shape index (κ2) is 10.1. The number of hydrogen-bond acceptors (Lipinski definition) is 4. The molecule has 0 N–H and O–H groups in total. The predicted octanol–water partition coefficient (Wildman–Crippen LogP) is 2.34. The van der Waals surface area contributed by atoms with E-state index in [9.17, 15) is 8.42 Å². The van der Waals surface area contributed by atoms with Crippen molar-refractivity contribution in [2.45, 2.75) is 46.0 Å². The molecule has 0 aromatic rings. The summed E-state index contributed by atoms with van der Waals surface area (Å²) in [6.45, 7) is 5.31. The van der Waals surface area contributed by atoms with Gasteiger partial charge in [0, 0.05) is 13.2 Å². The van der Waals surface area contributed by atoms with Crippen LogP contribution < -0.4 is 0 Å². The van der Waals surface area contributed by atoms with Crippen LogP contribution in [-0.4, -0.2) is 34.0 Å². The summed E-state index contributed by atoms with van der Waals surface area (Å²) in [5.74, 6) is 0.0326. The van der Waals surface area contributed by atoms with Gasteiger partial charge in [0.15, 0.2) is 0 Å². The van der Waals surface area contributed by atoms with Crippen LogP contribution in [0.5, 0.6) is 0 Å². The molecular formula is C11H24O4S. The summed E-state index contributed by atoms with van der Waals surface area (Å²) in [6.07, 6.45) is 5.40. The van der Waals surface area contributed by atoms with Crippen molar-refractivity contribution in [2.24, 2.45) is 0 Å². The first-order chi connectivity index (χ1) is 7.62. The Balaban J connectivity index is 3.16. The molecule has 0 fully saturated rings. The van der Waals surface area contributed by atoms with E-state index in [4.69, 9.17) is 8.92 Å². The fourth-order valence-corrected chi connectivity index (χ4v) is 1.70. The Morgan fingerprint density at radius 3 is 2.19 bits per heavy atom. The average Bonchev–Trinajstić information content (AvgIpc) is 2.27. The molecule has 0 atom stereocenters. The fourth-order valence-electron chi connectivity index (χ4n) is 1.16. The second-order valence-electron chi connectivity index (χ2n) is 3.69. The van der Waals surface area contributed by atoms with Gasteiger partial charge in [-0.15, -0.1) is 0 Å². The highest BCUT2D eigenvalue weighted by molar-refractivity contribution is 7.86. The van der Waals surface area contributed by atoms with Crippen molar-refractivity contribution >= 4 is 10.1 Å². The van der Waals surface area contributed by atoms with Gasteiger partial charge >= 0.3 is 0 Å². The van der Waals surface area contributed by atoms with Crippen molar-refractivity contribution in [3.63, 3.8) is 0 Å². The minimum absolute atomic E-state index is 0.0326. The molecule has 16 heavy (non-hydrogen) atoms. The van der Waals surface area contributed by atoms with Crippen molar-refractivity contribution in [3.05, 3.63) is 0 Å². The molecule has 5 heteroatoms. The minimum Gasteiger partial charge on any atom is -0.381 e. The van der Waals surface area contributed by atoms with Crippen LogP contribution in [0.15, 0.2) is 0 Å². The van der Waals surface area contributed by atoms with Gasteiger partial charge in [0.2, 0.25) is 0 Å². The highest BCUT2D eigenvalue weighted by Crippen LogP contribution is 1.99. The molecule has 0 radical (unpaired) electrons. The van der Waals surface area contributed by atoms with Gasteiger partial charge in [0.05, 0.1) is 12.4 Å². The highest BCUT2D eigenvalue weighted by atomic mass is 32.2. The zero-order valence-corrected chi connectivity index (χ0v) is 11.2. The number of unbranched alkanes of at least 4 members (excludes halogenated alkanes) is 3. The first-order valence-electron chi connectivity index (χ1n) is 6.07. The van der Waals surface area contributed by atoms with Crippen LogP contribution in [0.4, 0.5) is 0 Å². The Bertz CT molecular complexity index is 236. The molecule has 0 aliphatic carbocycles. The largest absolute Gasteiger partial charge is 0.381 e. The molecule has 0 unspecified atom stereocenters. The summed E-state index contributed by atoms with van der Waals surface area (Å²) in [5, 5.41) is 0. The predicted molar refractivity (Wildman–Crippen MR) is 65.0 cm³/mol. The molecule has 0 aliphatic rings. The van der Waals surface area contributed by atoms with Gasteiger partial charge in [0.1, 0.15) is 0 Å². The third kappa shape index (κ3) is 10.4. The third-order valence-corrected chi connectivity index (χ3v) is 3.42. The molecule has 0 bridgehead atoms. The van der Waals surface area contributed by atoms with E-state index in [1.807, 2.05) is 0 Å². The van der Waals surface area contributed by atoms with Crippen molar-refractivity contribution < 1.29 is 17.3 Å². The van der Waals surface area contributed by atoms with Crippen LogP contribution >= 0.6 is 0 Å². The number of ether oxygens (including phenoxy) is 1. The normalized spacial score (nSPS) is 11.9. The van der Waals surface area contributed by atoms with Gasteiger partial charge in [-0.2, -0.15) is 8.42 Å². The van der Waals surface area contributed by atoms with Crippen molar-refractivity contribution in [1.29, 1.82) is 0 Å². The van der Waals surface area contributed by atoms with Crippen LogP contribution in [0.2, 0.25) is 0 Å². The van der Waals surface area contributed by atoms with Crippen LogP contribution in [0, 0.1) is 0 Å². The van der Waals surface area contributed by atoms with Gasteiger partial charge in [0.25, 0.3) is 10.1 Å². The molecule has 0 saturated carbocycles. The minimum atomic E-state index is -3.28. The molecule has 0 aromatic carbocycles. The Morgan fingerprint density at radius 2 is 1.56 bits per heavy atom. The summed E-state index contributed by atoms with van der Waals surface area (Å²) in [5.41, 5.74) is 0. The Hall–Kier alpha value is -0.130. The molecule has 0 spiro atoms. The number of hydrogen-bond donors (Lipinski definition) is 0. The van der Waals surface area contributed by atoms with Crippen LogP contribution in [0.1, 0.15) is 46.0 Å². The SMILES string of the molecule is CCCCCCOCCCOS(=O)(=O)CC. The Labute approximate surface area is 99.5 Å². The number of rotatable bonds is 11. The molecule has 0 heterocycles. The second-order valence-corrected chi connectivity index (χ2v) is 5.62. The van der Waals surface area contributed by atoms with Gasteiger partial charge < -0.3 is 4.74 Å². The van der Waals surface area contributed by atoms with Crippen molar-refractivity contribution in [1.82, 2.24) is 0 Å². The molecule has 0 rings (SSSR count). The smallest absolute Gasteiger partial charge is 0.267 e. The zero-order chi connectivity index (χ0) is 12.3. The van der Waals surface area contributed by atoms with E-state index in [-0.39, 0.29) is 12.4 Å². The summed E-state index contributed by atoms with van der Waals surface area (Å²) < 4.78 is 32.0. The molecular weight excluding hydrogens is 228 g/mol. The van der Waals surface area contributed by atoms with Crippen LogP contribution in [0.25, 0.3) is 0 Å². The van der Waals surface area contributed by atoms with Crippen LogP contribution in [-0.2, 0) is 19.0 Å². The maximum atomic E-state index is 10.9. The van der Waals surface area contributed by atoms with Gasteiger partial charge in [-0.05, 0) is 19.8 Å². The van der Waals surface area contributed by atoms with Gasteiger partial charge in [-0.1, -0.05) is 26.2 Å². The summed E-state index contributed by atoms with van der Waals surface area (Å²) >= 11 is 0. The maximum absolute atomic E-state index is 10.9. The third-order valence-electron chi connectivity index (χ3n) is 2.19. The Kier molecular flexibility index (Phi) is 9.97. The highest BCUT2D eigenvalue weighted by Gasteiger charge is 2.05. The standard InChI is InChI=1S/C11H24O4S/c1-3-5-6-7-9-14-10-8-11-15-16(12,13)4-2/h3-11H2,1-2H3. The first-order valence-corrected chi connectivity index (χ1v) is 7.65. The van der Waals surface area contributed by atoms with E-state index in [2.05, 4.69) is 6.92 Å². The lowest BCUT2D eigenvalue weighted by Crippen LogP contribution is -2.10. The first kappa shape index (κ1) is 15.9. The van der Waals surface area contributed by atoms with E-state index in [0.717, 1.165) is 13.0 Å². The zero-order valence-electron chi connectivity index (χ0n) is 10.4. The van der Waals surface area contributed by atoms with E-state index >= 15 is 0 Å². The fraction of sp³-hybridized carbons (Fsp3) is 1.00. The van der Waals surface area contributed by atoms with E-state index in [1.54, 1.807) is 6.92 Å². The quantitative estimate of drug-likeness (QED) is 0.418. The van der Waals surface area contributed by atoms with E-state index < -0.39 is 10.1 Å². The molecule has 0 aromatic heterocycles. The molecule has 0 saturated heterocycles. The van der Waals surface area contributed by atoms with Crippen molar-refractivity contribution in [3.8, 4) is 0 Å². The maximum Gasteiger partial charge on any atom is 0.267 e. The lowest BCUT2D eigenvalue weighted by Gasteiger charge is -2.04. The Morgan fingerprint density at radius 1 is 0.875 bits per heavy atom. The average molecular weight is 252 g/mol. The summed E-state index contributed by atoms with van der Waals surface area (Å²) in [4.78, 5) is 0. The van der Waals surface area contributed by atoms with Gasteiger partial charge in [-0.25, -0.2) is 0 Å². The molecule has 0 amide bonds. The van der Waals surface area contributed by atoms with E-state index in [0.29, 0.717) is 13.0 Å². The van der Waals surface area contributed by atoms with Gasteiger partial charge in [-0.3, -0.25) is 4.18 Å². The lowest BCUT2D eigenvalue weighted by molar-refractivity contribution is 0.116. The molecule has 4 nitrogen and oxygen atoms in total.